The van der Waals surface area contributed by atoms with Gasteiger partial charge >= 0.3 is 12.2 Å². The van der Waals surface area contributed by atoms with E-state index in [4.69, 9.17) is 19.3 Å². The number of amides is 2. The van der Waals surface area contributed by atoms with Crippen LogP contribution in [0.4, 0.5) is 9.59 Å². The zero-order valence-electron chi connectivity index (χ0n) is 28.4. The smallest absolute Gasteiger partial charge is 0.410 e. The molecule has 2 amide bonds. The second kappa shape index (κ2) is 15.5. The molecule has 256 valence electrons. The standard InChI is InChI=1S/C18H24N2O3.C10H19NO3.C8H7NO/c1-18(2,3)23-17(21)20-11-5-6-13(20)12-22-16-8-4-7-15-14(16)9-10-19-15;1-10(2,3)14-9(13)11-6-4-5-8(11)7-12;10-8-3-1-2-7-6(8)4-5-9-7/h4,7-10,13,19H,5-6,11-12H2,1-3H3;8,12H,4-7H2,1-3H3;1-5,9-10H/t13-;8-;/m11./s1. The van der Waals surface area contributed by atoms with E-state index < -0.39 is 11.2 Å². The number of aliphatic hydroxyl groups is 1. The predicted molar refractivity (Wildman–Crippen MR) is 183 cm³/mol. The minimum atomic E-state index is -0.470. The number of fused-ring (bicyclic) bond motifs is 2. The van der Waals surface area contributed by atoms with Gasteiger partial charge in [-0.05, 0) is 104 Å². The first-order chi connectivity index (χ1) is 22.3. The van der Waals surface area contributed by atoms with Gasteiger partial charge in [0.2, 0.25) is 0 Å². The van der Waals surface area contributed by atoms with E-state index in [1.807, 2.05) is 96.4 Å². The number of nitrogens with one attached hydrogen (secondary N) is 2. The van der Waals surface area contributed by atoms with E-state index in [1.54, 1.807) is 15.9 Å². The highest BCUT2D eigenvalue weighted by atomic mass is 16.6. The van der Waals surface area contributed by atoms with Crippen LogP contribution in [0.25, 0.3) is 21.8 Å². The van der Waals surface area contributed by atoms with Crippen LogP contribution < -0.4 is 4.74 Å². The Morgan fingerprint density at radius 2 is 1.28 bits per heavy atom. The molecule has 2 atom stereocenters. The molecule has 2 fully saturated rings. The van der Waals surface area contributed by atoms with Crippen LogP contribution in [0, 0.1) is 0 Å². The van der Waals surface area contributed by atoms with Crippen molar-refractivity contribution >= 4 is 34.0 Å². The summed E-state index contributed by atoms with van der Waals surface area (Å²) in [5.74, 6) is 1.18. The molecular weight excluding hydrogens is 600 g/mol. The third-order valence-corrected chi connectivity index (χ3v) is 7.78. The Hall–Kier alpha value is -4.38. The van der Waals surface area contributed by atoms with Crippen molar-refractivity contribution < 1.29 is 34.0 Å². The lowest BCUT2D eigenvalue weighted by Crippen LogP contribution is -2.42. The van der Waals surface area contributed by atoms with Gasteiger partial charge in [0, 0.05) is 47.3 Å². The zero-order valence-corrected chi connectivity index (χ0v) is 28.4. The third kappa shape index (κ3) is 10.1. The normalized spacial score (nSPS) is 17.9. The maximum absolute atomic E-state index is 12.3. The number of aromatic nitrogens is 2. The second-order valence-corrected chi connectivity index (χ2v) is 13.8. The minimum Gasteiger partial charge on any atom is -0.507 e. The Balaban J connectivity index is 0.000000176. The molecule has 47 heavy (non-hydrogen) atoms. The molecule has 2 aromatic carbocycles. The molecule has 0 aliphatic carbocycles. The number of phenolic OH excluding ortho intramolecular Hbond substituents is 1. The number of aromatic amines is 2. The van der Waals surface area contributed by atoms with Crippen LogP contribution in [0.15, 0.2) is 60.9 Å². The Morgan fingerprint density at radius 3 is 1.83 bits per heavy atom. The molecule has 0 radical (unpaired) electrons. The Bertz CT molecular complexity index is 1600. The first kappa shape index (κ1) is 35.5. The van der Waals surface area contributed by atoms with Crippen LogP contribution in [-0.2, 0) is 9.47 Å². The van der Waals surface area contributed by atoms with Gasteiger partial charge in [-0.2, -0.15) is 0 Å². The molecule has 11 heteroatoms. The summed E-state index contributed by atoms with van der Waals surface area (Å²) in [5.41, 5.74) is 1.10. The number of rotatable bonds is 4. The van der Waals surface area contributed by atoms with E-state index >= 15 is 0 Å². The van der Waals surface area contributed by atoms with Gasteiger partial charge < -0.3 is 44.2 Å². The van der Waals surface area contributed by atoms with Crippen molar-refractivity contribution in [2.45, 2.75) is 90.5 Å². The number of H-pyrrole nitrogens is 2. The highest BCUT2D eigenvalue weighted by Gasteiger charge is 2.33. The van der Waals surface area contributed by atoms with Crippen molar-refractivity contribution in [2.24, 2.45) is 0 Å². The highest BCUT2D eigenvalue weighted by Crippen LogP contribution is 2.27. The molecule has 4 N–H and O–H groups in total. The predicted octanol–water partition coefficient (Wildman–Crippen LogP) is 7.20. The maximum atomic E-state index is 12.3. The molecule has 2 saturated heterocycles. The van der Waals surface area contributed by atoms with Crippen molar-refractivity contribution in [3.8, 4) is 11.5 Å². The van der Waals surface area contributed by atoms with Gasteiger partial charge in [0.25, 0.3) is 0 Å². The number of likely N-dealkylation sites (tertiary alicyclic amines) is 2. The van der Waals surface area contributed by atoms with E-state index in [9.17, 15) is 14.7 Å². The fourth-order valence-corrected chi connectivity index (χ4v) is 5.59. The summed E-state index contributed by atoms with van der Waals surface area (Å²) in [4.78, 5) is 33.5. The second-order valence-electron chi connectivity index (χ2n) is 13.8. The van der Waals surface area contributed by atoms with Crippen LogP contribution in [0.3, 0.4) is 0 Å². The number of phenols is 1. The largest absolute Gasteiger partial charge is 0.507 e. The first-order valence-corrected chi connectivity index (χ1v) is 16.3. The Labute approximate surface area is 276 Å². The van der Waals surface area contributed by atoms with Crippen molar-refractivity contribution in [3.63, 3.8) is 0 Å². The first-order valence-electron chi connectivity index (χ1n) is 16.3. The summed E-state index contributed by atoms with van der Waals surface area (Å²) in [6.07, 6.45) is 6.91. The molecule has 0 bridgehead atoms. The lowest BCUT2D eigenvalue weighted by Gasteiger charge is -2.28. The maximum Gasteiger partial charge on any atom is 0.410 e. The number of carbonyl (C=O) groups excluding carboxylic acids is 2. The average Bonchev–Trinajstić information content (AvgIpc) is 3.82. The summed E-state index contributed by atoms with van der Waals surface area (Å²) < 4.78 is 16.7. The minimum absolute atomic E-state index is 0.0270. The number of ether oxygens (including phenoxy) is 3. The van der Waals surface area contributed by atoms with Crippen LogP contribution in [0.5, 0.6) is 11.5 Å². The van der Waals surface area contributed by atoms with Crippen molar-refractivity contribution in [3.05, 3.63) is 60.9 Å². The summed E-state index contributed by atoms with van der Waals surface area (Å²) in [6, 6.07) is 15.2. The molecule has 0 spiro atoms. The van der Waals surface area contributed by atoms with Crippen LogP contribution >= 0.6 is 0 Å². The number of benzene rings is 2. The number of aromatic hydroxyl groups is 1. The van der Waals surface area contributed by atoms with Gasteiger partial charge in [0.05, 0.1) is 18.7 Å². The summed E-state index contributed by atoms with van der Waals surface area (Å²) in [7, 11) is 0. The molecule has 6 rings (SSSR count). The molecule has 2 aliphatic rings. The molecule has 0 saturated carbocycles. The third-order valence-electron chi connectivity index (χ3n) is 7.78. The topological polar surface area (TPSA) is 140 Å². The summed E-state index contributed by atoms with van der Waals surface area (Å²) in [6.45, 7) is 13.1. The van der Waals surface area contributed by atoms with Crippen molar-refractivity contribution in [1.82, 2.24) is 19.8 Å². The molecule has 0 unspecified atom stereocenters. The fraction of sp³-hybridized carbons (Fsp3) is 0.500. The molecular formula is C36H50N4O7. The number of hydrogen-bond acceptors (Lipinski definition) is 7. The van der Waals surface area contributed by atoms with E-state index in [2.05, 4.69) is 9.97 Å². The molecule has 4 heterocycles. The fourth-order valence-electron chi connectivity index (χ4n) is 5.59. The monoisotopic (exact) mass is 650 g/mol. The zero-order chi connectivity index (χ0) is 34.2. The average molecular weight is 651 g/mol. The van der Waals surface area contributed by atoms with Crippen LogP contribution in [0.1, 0.15) is 67.2 Å². The number of aliphatic hydroxyl groups excluding tert-OH is 1. The Kier molecular flexibility index (Phi) is 11.7. The molecule has 11 nitrogen and oxygen atoms in total. The van der Waals surface area contributed by atoms with Gasteiger partial charge in [0.15, 0.2) is 0 Å². The van der Waals surface area contributed by atoms with Crippen LogP contribution in [0.2, 0.25) is 0 Å². The van der Waals surface area contributed by atoms with E-state index in [0.717, 1.165) is 59.8 Å². The van der Waals surface area contributed by atoms with Gasteiger partial charge in [-0.25, -0.2) is 9.59 Å². The van der Waals surface area contributed by atoms with Gasteiger partial charge in [0.1, 0.15) is 29.3 Å². The summed E-state index contributed by atoms with van der Waals surface area (Å²) in [5, 5.41) is 20.2. The SMILES string of the molecule is CC(C)(C)OC(=O)N1CCC[C@@H]1CO.CC(C)(C)OC(=O)N1CCC[C@@H]1COc1cccc2[nH]ccc12.Oc1cccc2[nH]ccc12. The van der Waals surface area contributed by atoms with Crippen molar-refractivity contribution in [2.75, 3.05) is 26.3 Å². The lowest BCUT2D eigenvalue weighted by molar-refractivity contribution is 0.0171. The van der Waals surface area contributed by atoms with Gasteiger partial charge in [-0.15, -0.1) is 0 Å². The van der Waals surface area contributed by atoms with E-state index in [-0.39, 0.29) is 30.9 Å². The molecule has 2 aliphatic heterocycles. The number of nitrogens with zero attached hydrogens (tertiary/aromatic N) is 2. The van der Waals surface area contributed by atoms with Gasteiger partial charge in [-0.1, -0.05) is 12.1 Å². The number of carbonyl (C=O) groups is 2. The molecule has 4 aromatic rings. The van der Waals surface area contributed by atoms with E-state index in [1.165, 1.54) is 0 Å². The number of hydrogen-bond donors (Lipinski definition) is 4. The Morgan fingerprint density at radius 1 is 0.766 bits per heavy atom. The van der Waals surface area contributed by atoms with Gasteiger partial charge in [-0.3, -0.25) is 0 Å². The van der Waals surface area contributed by atoms with Crippen LogP contribution in [-0.4, -0.2) is 91.8 Å². The lowest BCUT2D eigenvalue weighted by atomic mass is 10.2. The molecule has 2 aromatic heterocycles. The van der Waals surface area contributed by atoms with E-state index in [0.29, 0.717) is 18.9 Å². The summed E-state index contributed by atoms with van der Waals surface area (Å²) >= 11 is 0. The highest BCUT2D eigenvalue weighted by molar-refractivity contribution is 5.86. The quantitative estimate of drug-likeness (QED) is 0.183. The van der Waals surface area contributed by atoms with Crippen molar-refractivity contribution in [1.29, 1.82) is 0 Å².